The zero-order chi connectivity index (χ0) is 12.4. The Morgan fingerprint density at radius 3 is 2.56 bits per heavy atom. The summed E-state index contributed by atoms with van der Waals surface area (Å²) in [6.45, 7) is 7.39. The number of allylic oxidation sites excluding steroid dienone is 3. The SMILES string of the molecule is C=C/C=C(\C=C)SC(=O)CCCNC(=O)O. The third-order valence-electron chi connectivity index (χ3n) is 1.55. The van der Waals surface area contributed by atoms with E-state index in [2.05, 4.69) is 18.5 Å². The molecule has 0 aromatic heterocycles. The number of hydrogen-bond donors (Lipinski definition) is 2. The summed E-state index contributed by atoms with van der Waals surface area (Å²) in [7, 11) is 0. The predicted octanol–water partition coefficient (Wildman–Crippen LogP) is 2.55. The Balaban J connectivity index is 3.81. The van der Waals surface area contributed by atoms with Gasteiger partial charge in [0.15, 0.2) is 5.12 Å². The van der Waals surface area contributed by atoms with Gasteiger partial charge in [-0.05, 0) is 12.5 Å². The van der Waals surface area contributed by atoms with Crippen LogP contribution in [0, 0.1) is 0 Å². The van der Waals surface area contributed by atoms with E-state index in [1.165, 1.54) is 0 Å². The zero-order valence-electron chi connectivity index (χ0n) is 8.94. The van der Waals surface area contributed by atoms with Crippen molar-refractivity contribution in [3.63, 3.8) is 0 Å². The predicted molar refractivity (Wildman–Crippen MR) is 66.3 cm³/mol. The summed E-state index contributed by atoms with van der Waals surface area (Å²) >= 11 is 1.09. The largest absolute Gasteiger partial charge is 0.465 e. The van der Waals surface area contributed by atoms with Gasteiger partial charge in [0.05, 0.1) is 0 Å². The van der Waals surface area contributed by atoms with Crippen LogP contribution in [0.15, 0.2) is 36.3 Å². The average molecular weight is 241 g/mol. The Bertz CT molecular complexity index is 310. The minimum Gasteiger partial charge on any atom is -0.465 e. The first-order valence-corrected chi connectivity index (χ1v) is 5.54. The summed E-state index contributed by atoms with van der Waals surface area (Å²) in [6, 6.07) is 0. The molecule has 0 saturated carbocycles. The molecule has 0 rings (SSSR count). The van der Waals surface area contributed by atoms with Gasteiger partial charge in [-0.15, -0.1) is 0 Å². The van der Waals surface area contributed by atoms with Crippen molar-refractivity contribution in [1.82, 2.24) is 5.32 Å². The number of nitrogens with one attached hydrogen (secondary N) is 1. The Labute approximate surface area is 99.1 Å². The number of carboxylic acid groups (broad SMARTS) is 1. The summed E-state index contributed by atoms with van der Waals surface area (Å²) in [6.07, 6.45) is 4.62. The molecule has 16 heavy (non-hydrogen) atoms. The summed E-state index contributed by atoms with van der Waals surface area (Å²) in [5.41, 5.74) is 0. The van der Waals surface area contributed by atoms with Crippen molar-refractivity contribution >= 4 is 23.0 Å². The van der Waals surface area contributed by atoms with Gasteiger partial charge in [0, 0.05) is 17.9 Å². The average Bonchev–Trinajstić information content (AvgIpc) is 2.23. The van der Waals surface area contributed by atoms with Gasteiger partial charge in [0.1, 0.15) is 0 Å². The number of hydrogen-bond acceptors (Lipinski definition) is 3. The second kappa shape index (κ2) is 8.79. The molecule has 2 N–H and O–H groups in total. The monoisotopic (exact) mass is 241 g/mol. The Morgan fingerprint density at radius 2 is 2.06 bits per heavy atom. The first-order valence-electron chi connectivity index (χ1n) is 4.72. The summed E-state index contributed by atoms with van der Waals surface area (Å²) in [5.74, 6) is 0. The summed E-state index contributed by atoms with van der Waals surface area (Å²) in [5, 5.41) is 10.5. The normalized spacial score (nSPS) is 10.6. The van der Waals surface area contributed by atoms with Crippen molar-refractivity contribution in [3.8, 4) is 0 Å². The van der Waals surface area contributed by atoms with E-state index < -0.39 is 6.09 Å². The van der Waals surface area contributed by atoms with Gasteiger partial charge in [0.25, 0.3) is 0 Å². The van der Waals surface area contributed by atoms with Gasteiger partial charge < -0.3 is 10.4 Å². The topological polar surface area (TPSA) is 66.4 Å². The molecule has 0 spiro atoms. The van der Waals surface area contributed by atoms with Crippen LogP contribution in [0.4, 0.5) is 4.79 Å². The third-order valence-corrected chi connectivity index (χ3v) is 2.52. The van der Waals surface area contributed by atoms with Crippen LogP contribution < -0.4 is 5.32 Å². The minimum absolute atomic E-state index is 0.0137. The highest BCUT2D eigenvalue weighted by atomic mass is 32.2. The second-order valence-electron chi connectivity index (χ2n) is 2.82. The molecule has 0 fully saturated rings. The maximum Gasteiger partial charge on any atom is 0.404 e. The molecule has 0 atom stereocenters. The minimum atomic E-state index is -1.07. The first-order chi connectivity index (χ1) is 7.60. The molecule has 0 heterocycles. The van der Waals surface area contributed by atoms with Crippen LogP contribution in [0.1, 0.15) is 12.8 Å². The highest BCUT2D eigenvalue weighted by Gasteiger charge is 2.04. The Kier molecular flexibility index (Phi) is 7.97. The number of carbonyl (C=O) groups is 2. The molecule has 0 aliphatic rings. The van der Waals surface area contributed by atoms with Crippen LogP contribution in [0.5, 0.6) is 0 Å². The van der Waals surface area contributed by atoms with E-state index in [0.29, 0.717) is 12.8 Å². The molecule has 0 aromatic rings. The maximum absolute atomic E-state index is 11.4. The van der Waals surface area contributed by atoms with Gasteiger partial charge in [-0.3, -0.25) is 4.79 Å². The lowest BCUT2D eigenvalue weighted by molar-refractivity contribution is -0.111. The smallest absolute Gasteiger partial charge is 0.404 e. The second-order valence-corrected chi connectivity index (χ2v) is 3.95. The van der Waals surface area contributed by atoms with E-state index in [9.17, 15) is 9.59 Å². The molecule has 1 amide bonds. The standard InChI is InChI=1S/C11H15NO3S/c1-3-6-9(4-2)16-10(13)7-5-8-12-11(14)15/h3-4,6,12H,1-2,5,7-8H2,(H,14,15)/b9-6+. The van der Waals surface area contributed by atoms with Crippen LogP contribution in [-0.4, -0.2) is 22.9 Å². The molecule has 4 nitrogen and oxygen atoms in total. The van der Waals surface area contributed by atoms with Crippen LogP contribution in [0.3, 0.4) is 0 Å². The molecule has 0 saturated heterocycles. The molecule has 0 aliphatic carbocycles. The van der Waals surface area contributed by atoms with Crippen molar-refractivity contribution in [3.05, 3.63) is 36.3 Å². The molecule has 0 aliphatic heterocycles. The lowest BCUT2D eigenvalue weighted by atomic mass is 10.3. The molecular formula is C11H15NO3S. The van der Waals surface area contributed by atoms with Crippen molar-refractivity contribution in [2.45, 2.75) is 12.8 Å². The van der Waals surface area contributed by atoms with Gasteiger partial charge in [0.2, 0.25) is 0 Å². The lowest BCUT2D eigenvalue weighted by Gasteiger charge is -2.01. The fourth-order valence-electron chi connectivity index (χ4n) is 0.870. The first kappa shape index (κ1) is 14.5. The van der Waals surface area contributed by atoms with Crippen LogP contribution in [-0.2, 0) is 4.79 Å². The van der Waals surface area contributed by atoms with Gasteiger partial charge >= 0.3 is 6.09 Å². The Hall–Kier alpha value is -1.49. The summed E-state index contributed by atoms with van der Waals surface area (Å²) < 4.78 is 0. The third kappa shape index (κ3) is 7.87. The molecule has 0 radical (unpaired) electrons. The fourth-order valence-corrected chi connectivity index (χ4v) is 1.63. The number of rotatable bonds is 7. The van der Waals surface area contributed by atoms with Crippen molar-refractivity contribution in [2.24, 2.45) is 0 Å². The van der Waals surface area contributed by atoms with Gasteiger partial charge in [-0.1, -0.05) is 37.1 Å². The van der Waals surface area contributed by atoms with Crippen LogP contribution >= 0.6 is 11.8 Å². The lowest BCUT2D eigenvalue weighted by Crippen LogP contribution is -2.22. The molecule has 0 bridgehead atoms. The zero-order valence-corrected chi connectivity index (χ0v) is 9.76. The quantitative estimate of drug-likeness (QED) is 0.531. The molecule has 5 heteroatoms. The van der Waals surface area contributed by atoms with E-state index in [1.54, 1.807) is 18.2 Å². The molecule has 88 valence electrons. The molecular weight excluding hydrogens is 226 g/mol. The van der Waals surface area contributed by atoms with E-state index in [-0.39, 0.29) is 11.7 Å². The van der Waals surface area contributed by atoms with E-state index in [0.717, 1.165) is 16.7 Å². The number of amides is 1. The van der Waals surface area contributed by atoms with E-state index in [1.807, 2.05) is 0 Å². The molecule has 0 unspecified atom stereocenters. The number of carbonyl (C=O) groups excluding carboxylic acids is 1. The fraction of sp³-hybridized carbons (Fsp3) is 0.273. The highest BCUT2D eigenvalue weighted by molar-refractivity contribution is 8.17. The van der Waals surface area contributed by atoms with Gasteiger partial charge in [-0.25, -0.2) is 4.79 Å². The number of thioether (sulfide) groups is 1. The van der Waals surface area contributed by atoms with Crippen LogP contribution in [0.25, 0.3) is 0 Å². The maximum atomic E-state index is 11.4. The highest BCUT2D eigenvalue weighted by Crippen LogP contribution is 2.19. The Morgan fingerprint density at radius 1 is 1.38 bits per heavy atom. The van der Waals surface area contributed by atoms with Gasteiger partial charge in [-0.2, -0.15) is 0 Å². The molecule has 0 aromatic carbocycles. The van der Waals surface area contributed by atoms with E-state index in [4.69, 9.17) is 5.11 Å². The van der Waals surface area contributed by atoms with Crippen LogP contribution in [0.2, 0.25) is 0 Å². The van der Waals surface area contributed by atoms with Crippen molar-refractivity contribution < 1.29 is 14.7 Å². The van der Waals surface area contributed by atoms with Crippen molar-refractivity contribution in [1.29, 1.82) is 0 Å². The summed E-state index contributed by atoms with van der Waals surface area (Å²) in [4.78, 5) is 22.3. The van der Waals surface area contributed by atoms with E-state index >= 15 is 0 Å². The van der Waals surface area contributed by atoms with Crippen molar-refractivity contribution in [2.75, 3.05) is 6.54 Å².